The molecule has 0 aromatic heterocycles. The SMILES string of the molecule is C/C(=C\NC(=O)NCc1ccccc1Cl)C1CC1. The maximum absolute atomic E-state index is 11.6. The quantitative estimate of drug-likeness (QED) is 0.859. The van der Waals surface area contributed by atoms with Crippen LogP contribution in [0.3, 0.4) is 0 Å². The van der Waals surface area contributed by atoms with Crippen LogP contribution in [0.5, 0.6) is 0 Å². The highest BCUT2D eigenvalue weighted by atomic mass is 35.5. The standard InChI is InChI=1S/C14H17ClN2O/c1-10(11-6-7-11)8-16-14(18)17-9-12-4-2-3-5-13(12)15/h2-5,8,11H,6-7,9H2,1H3,(H2,16,17,18)/b10-8+. The fourth-order valence-corrected chi connectivity index (χ4v) is 1.91. The first-order valence-electron chi connectivity index (χ1n) is 6.11. The van der Waals surface area contributed by atoms with E-state index in [1.807, 2.05) is 31.2 Å². The molecular weight excluding hydrogens is 248 g/mol. The monoisotopic (exact) mass is 264 g/mol. The average molecular weight is 265 g/mol. The molecule has 3 nitrogen and oxygen atoms in total. The van der Waals surface area contributed by atoms with Gasteiger partial charge in [0.1, 0.15) is 0 Å². The minimum absolute atomic E-state index is 0.199. The van der Waals surface area contributed by atoms with E-state index < -0.39 is 0 Å². The molecule has 0 bridgehead atoms. The van der Waals surface area contributed by atoms with E-state index in [1.165, 1.54) is 18.4 Å². The Bertz CT molecular complexity index is 467. The number of carbonyl (C=O) groups is 1. The average Bonchev–Trinajstić information content (AvgIpc) is 3.19. The predicted octanol–water partition coefficient (Wildman–Crippen LogP) is 3.45. The van der Waals surface area contributed by atoms with E-state index in [-0.39, 0.29) is 6.03 Å². The number of halogens is 1. The summed E-state index contributed by atoms with van der Waals surface area (Å²) in [7, 11) is 0. The smallest absolute Gasteiger partial charge is 0.319 e. The van der Waals surface area contributed by atoms with Gasteiger partial charge in [0.25, 0.3) is 0 Å². The van der Waals surface area contributed by atoms with Crippen LogP contribution in [0.4, 0.5) is 4.79 Å². The molecule has 1 aromatic rings. The zero-order valence-electron chi connectivity index (χ0n) is 10.4. The van der Waals surface area contributed by atoms with E-state index >= 15 is 0 Å². The summed E-state index contributed by atoms with van der Waals surface area (Å²) in [4.78, 5) is 11.6. The van der Waals surface area contributed by atoms with Crippen molar-refractivity contribution in [1.82, 2.24) is 10.6 Å². The van der Waals surface area contributed by atoms with E-state index in [9.17, 15) is 4.79 Å². The lowest BCUT2D eigenvalue weighted by Crippen LogP contribution is -2.32. The second-order valence-electron chi connectivity index (χ2n) is 4.58. The molecule has 0 aliphatic heterocycles. The zero-order chi connectivity index (χ0) is 13.0. The third kappa shape index (κ3) is 3.77. The van der Waals surface area contributed by atoms with Gasteiger partial charge in [-0.2, -0.15) is 0 Å². The Labute approximate surface area is 112 Å². The van der Waals surface area contributed by atoms with Crippen molar-refractivity contribution in [3.8, 4) is 0 Å². The number of amides is 2. The lowest BCUT2D eigenvalue weighted by Gasteiger charge is -2.07. The van der Waals surface area contributed by atoms with Gasteiger partial charge in [0.15, 0.2) is 0 Å². The Kier molecular flexibility index (Phi) is 4.26. The Hall–Kier alpha value is -1.48. The van der Waals surface area contributed by atoms with Gasteiger partial charge in [-0.05, 0) is 37.3 Å². The van der Waals surface area contributed by atoms with Crippen LogP contribution in [-0.2, 0) is 6.54 Å². The number of rotatable bonds is 4. The highest BCUT2D eigenvalue weighted by Gasteiger charge is 2.22. The number of carbonyl (C=O) groups excluding carboxylic acids is 1. The van der Waals surface area contributed by atoms with Crippen molar-refractivity contribution in [2.75, 3.05) is 0 Å². The molecule has 1 aliphatic rings. The van der Waals surface area contributed by atoms with E-state index in [0.29, 0.717) is 17.5 Å². The predicted molar refractivity (Wildman–Crippen MR) is 73.3 cm³/mol. The first-order valence-corrected chi connectivity index (χ1v) is 6.49. The molecule has 2 rings (SSSR count). The van der Waals surface area contributed by atoms with E-state index in [1.54, 1.807) is 6.20 Å². The fourth-order valence-electron chi connectivity index (χ4n) is 1.70. The molecule has 2 amide bonds. The molecule has 0 radical (unpaired) electrons. The minimum atomic E-state index is -0.199. The molecule has 0 atom stereocenters. The van der Waals surface area contributed by atoms with Gasteiger partial charge >= 0.3 is 6.03 Å². The fraction of sp³-hybridized carbons (Fsp3) is 0.357. The first-order chi connectivity index (χ1) is 8.66. The molecule has 18 heavy (non-hydrogen) atoms. The molecule has 1 aliphatic carbocycles. The van der Waals surface area contributed by atoms with Gasteiger partial charge in [-0.1, -0.05) is 35.4 Å². The Balaban J connectivity index is 1.78. The molecule has 4 heteroatoms. The summed E-state index contributed by atoms with van der Waals surface area (Å²) in [6.07, 6.45) is 4.27. The molecule has 96 valence electrons. The van der Waals surface area contributed by atoms with Crippen molar-refractivity contribution in [3.63, 3.8) is 0 Å². The first kappa shape index (κ1) is 13.0. The normalized spacial score (nSPS) is 15.3. The van der Waals surface area contributed by atoms with Crippen LogP contribution >= 0.6 is 11.6 Å². The summed E-state index contributed by atoms with van der Waals surface area (Å²) in [6, 6.07) is 7.28. The molecule has 0 heterocycles. The van der Waals surface area contributed by atoms with Crippen LogP contribution in [0.2, 0.25) is 5.02 Å². The summed E-state index contributed by atoms with van der Waals surface area (Å²) >= 11 is 6.00. The lowest BCUT2D eigenvalue weighted by molar-refractivity contribution is 0.243. The number of benzene rings is 1. The van der Waals surface area contributed by atoms with Gasteiger partial charge in [-0.25, -0.2) is 4.79 Å². The van der Waals surface area contributed by atoms with Gasteiger partial charge in [-0.3, -0.25) is 0 Å². The zero-order valence-corrected chi connectivity index (χ0v) is 11.1. The maximum atomic E-state index is 11.6. The van der Waals surface area contributed by atoms with Crippen molar-refractivity contribution < 1.29 is 4.79 Å². The molecule has 0 saturated heterocycles. The Morgan fingerprint density at radius 3 is 2.83 bits per heavy atom. The topological polar surface area (TPSA) is 41.1 Å². The second kappa shape index (κ2) is 5.91. The summed E-state index contributed by atoms with van der Waals surface area (Å²) in [6.45, 7) is 2.48. The van der Waals surface area contributed by atoms with Crippen LogP contribution in [0.1, 0.15) is 25.3 Å². The van der Waals surface area contributed by atoms with Crippen molar-refractivity contribution >= 4 is 17.6 Å². The molecule has 1 saturated carbocycles. The number of hydrogen-bond acceptors (Lipinski definition) is 1. The Morgan fingerprint density at radius 1 is 1.44 bits per heavy atom. The number of hydrogen-bond donors (Lipinski definition) is 2. The third-order valence-electron chi connectivity index (χ3n) is 3.05. The van der Waals surface area contributed by atoms with Crippen molar-refractivity contribution in [2.24, 2.45) is 5.92 Å². The van der Waals surface area contributed by atoms with Crippen LogP contribution in [0, 0.1) is 5.92 Å². The van der Waals surface area contributed by atoms with Crippen LogP contribution in [0.25, 0.3) is 0 Å². The summed E-state index contributed by atoms with van der Waals surface area (Å²) in [5.41, 5.74) is 2.15. The lowest BCUT2D eigenvalue weighted by atomic mass is 10.2. The van der Waals surface area contributed by atoms with Crippen molar-refractivity contribution in [3.05, 3.63) is 46.6 Å². The van der Waals surface area contributed by atoms with E-state index in [2.05, 4.69) is 10.6 Å². The Morgan fingerprint density at radius 2 is 2.17 bits per heavy atom. The van der Waals surface area contributed by atoms with Crippen LogP contribution in [-0.4, -0.2) is 6.03 Å². The molecule has 1 fully saturated rings. The number of nitrogens with one attached hydrogen (secondary N) is 2. The number of urea groups is 1. The third-order valence-corrected chi connectivity index (χ3v) is 3.42. The summed E-state index contributed by atoms with van der Waals surface area (Å²) < 4.78 is 0. The molecule has 1 aromatic carbocycles. The van der Waals surface area contributed by atoms with Gasteiger partial charge < -0.3 is 10.6 Å². The minimum Gasteiger partial charge on any atom is -0.334 e. The van der Waals surface area contributed by atoms with Gasteiger partial charge in [0.05, 0.1) is 0 Å². The van der Waals surface area contributed by atoms with E-state index in [0.717, 1.165) is 5.56 Å². The van der Waals surface area contributed by atoms with Gasteiger partial charge in [-0.15, -0.1) is 0 Å². The molecule has 0 spiro atoms. The second-order valence-corrected chi connectivity index (χ2v) is 4.99. The van der Waals surface area contributed by atoms with Crippen molar-refractivity contribution in [2.45, 2.75) is 26.3 Å². The number of allylic oxidation sites excluding steroid dienone is 1. The van der Waals surface area contributed by atoms with E-state index in [4.69, 9.17) is 11.6 Å². The maximum Gasteiger partial charge on any atom is 0.319 e. The van der Waals surface area contributed by atoms with Crippen LogP contribution in [0.15, 0.2) is 36.0 Å². The van der Waals surface area contributed by atoms with Crippen molar-refractivity contribution in [1.29, 1.82) is 0 Å². The highest BCUT2D eigenvalue weighted by Crippen LogP contribution is 2.35. The largest absolute Gasteiger partial charge is 0.334 e. The van der Waals surface area contributed by atoms with Gasteiger partial charge in [0, 0.05) is 17.8 Å². The summed E-state index contributed by atoms with van der Waals surface area (Å²) in [5, 5.41) is 6.18. The molecular formula is C14H17ClN2O. The van der Waals surface area contributed by atoms with Crippen LogP contribution < -0.4 is 10.6 Å². The highest BCUT2D eigenvalue weighted by molar-refractivity contribution is 6.31. The molecule has 0 unspecified atom stereocenters. The summed E-state index contributed by atoms with van der Waals surface area (Å²) in [5.74, 6) is 0.675. The van der Waals surface area contributed by atoms with Gasteiger partial charge in [0.2, 0.25) is 0 Å². The molecule has 2 N–H and O–H groups in total.